The highest BCUT2D eigenvalue weighted by atomic mass is 32.2. The van der Waals surface area contributed by atoms with Crippen molar-refractivity contribution in [2.75, 3.05) is 0 Å². The first kappa shape index (κ1) is 14.6. The summed E-state index contributed by atoms with van der Waals surface area (Å²) >= 11 is 0. The van der Waals surface area contributed by atoms with Crippen LogP contribution in [0.5, 0.6) is 0 Å². The maximum atomic E-state index is 11.8. The van der Waals surface area contributed by atoms with Crippen LogP contribution in [0.1, 0.15) is 6.42 Å². The van der Waals surface area contributed by atoms with Gasteiger partial charge in [-0.15, -0.1) is 0 Å². The Bertz CT molecular complexity index is 387. The molecule has 0 saturated carbocycles. The standard InChI is InChI=1S/C5H6F3NO6S/c6-5(7,8)16(14,15)9-2(4(12)13)1-3(10)11/h2,9H,1H2,(H,10,11)(H,12,13)/t2-/m1/s1. The number of carboxylic acid groups (broad SMARTS) is 2. The van der Waals surface area contributed by atoms with Crippen LogP contribution in [0.2, 0.25) is 0 Å². The molecule has 94 valence electrons. The maximum absolute atomic E-state index is 11.8. The summed E-state index contributed by atoms with van der Waals surface area (Å²) in [6, 6.07) is -2.37. The first-order chi connectivity index (χ1) is 6.97. The van der Waals surface area contributed by atoms with Crippen LogP contribution in [0.15, 0.2) is 0 Å². The van der Waals surface area contributed by atoms with Crippen LogP contribution in [0.3, 0.4) is 0 Å². The summed E-state index contributed by atoms with van der Waals surface area (Å²) in [5.74, 6) is -3.77. The molecule has 0 radical (unpaired) electrons. The largest absolute Gasteiger partial charge is 0.511 e. The Balaban J connectivity index is 4.91. The second-order valence-corrected chi connectivity index (χ2v) is 4.26. The zero-order valence-electron chi connectivity index (χ0n) is 7.35. The van der Waals surface area contributed by atoms with E-state index in [1.165, 1.54) is 0 Å². The van der Waals surface area contributed by atoms with E-state index in [0.29, 0.717) is 0 Å². The lowest BCUT2D eigenvalue weighted by atomic mass is 10.2. The number of alkyl halides is 3. The molecule has 3 N–H and O–H groups in total. The van der Waals surface area contributed by atoms with Crippen LogP contribution in [0.4, 0.5) is 13.2 Å². The van der Waals surface area contributed by atoms with Crippen LogP contribution in [0.25, 0.3) is 0 Å². The van der Waals surface area contributed by atoms with Gasteiger partial charge in [0, 0.05) is 0 Å². The average molecular weight is 265 g/mol. The second kappa shape index (κ2) is 4.65. The van der Waals surface area contributed by atoms with Gasteiger partial charge >= 0.3 is 27.5 Å². The molecule has 0 bridgehead atoms. The summed E-state index contributed by atoms with van der Waals surface area (Å²) in [6.07, 6.45) is -1.30. The molecule has 0 rings (SSSR count). The molecule has 16 heavy (non-hydrogen) atoms. The molecule has 0 aliphatic carbocycles. The molecule has 0 amide bonds. The minimum Gasteiger partial charge on any atom is -0.481 e. The minimum absolute atomic E-state index is 0.731. The molecule has 7 nitrogen and oxygen atoms in total. The molecule has 0 unspecified atom stereocenters. The van der Waals surface area contributed by atoms with Crippen LogP contribution in [-0.2, 0) is 19.6 Å². The van der Waals surface area contributed by atoms with Crippen molar-refractivity contribution in [3.8, 4) is 0 Å². The predicted molar refractivity (Wildman–Crippen MR) is 41.8 cm³/mol. The van der Waals surface area contributed by atoms with Gasteiger partial charge in [0.1, 0.15) is 6.04 Å². The molecule has 11 heteroatoms. The van der Waals surface area contributed by atoms with Crippen molar-refractivity contribution in [1.82, 2.24) is 4.72 Å². The molecular weight excluding hydrogens is 259 g/mol. The van der Waals surface area contributed by atoms with Crippen molar-refractivity contribution < 1.29 is 41.4 Å². The van der Waals surface area contributed by atoms with E-state index >= 15 is 0 Å². The van der Waals surface area contributed by atoms with Gasteiger partial charge < -0.3 is 10.2 Å². The highest BCUT2D eigenvalue weighted by molar-refractivity contribution is 7.90. The summed E-state index contributed by atoms with van der Waals surface area (Å²) in [7, 11) is -5.88. The Labute approximate surface area is 86.9 Å². The van der Waals surface area contributed by atoms with E-state index in [9.17, 15) is 31.2 Å². The van der Waals surface area contributed by atoms with Crippen molar-refractivity contribution in [3.63, 3.8) is 0 Å². The van der Waals surface area contributed by atoms with E-state index in [1.54, 1.807) is 0 Å². The lowest BCUT2D eigenvalue weighted by Gasteiger charge is -2.14. The number of halogens is 3. The van der Waals surface area contributed by atoms with E-state index in [1.807, 2.05) is 0 Å². The second-order valence-electron chi connectivity index (χ2n) is 2.56. The van der Waals surface area contributed by atoms with Gasteiger partial charge in [-0.2, -0.15) is 17.9 Å². The number of rotatable bonds is 5. The Morgan fingerprint density at radius 1 is 1.25 bits per heavy atom. The molecular formula is C5H6F3NO6S. The van der Waals surface area contributed by atoms with Gasteiger partial charge in [-0.25, -0.2) is 8.42 Å². The number of aliphatic carboxylic acids is 2. The van der Waals surface area contributed by atoms with E-state index in [4.69, 9.17) is 10.2 Å². The highest BCUT2D eigenvalue weighted by Crippen LogP contribution is 2.22. The smallest absolute Gasteiger partial charge is 0.481 e. The van der Waals surface area contributed by atoms with Crippen molar-refractivity contribution in [2.45, 2.75) is 18.0 Å². The SMILES string of the molecule is O=C(O)C[C@@H](NS(=O)(=O)C(F)(F)F)C(=O)O. The van der Waals surface area contributed by atoms with Gasteiger partial charge in [-0.05, 0) is 0 Å². The minimum atomic E-state index is -5.88. The summed E-state index contributed by atoms with van der Waals surface area (Å²) < 4.78 is 57.1. The van der Waals surface area contributed by atoms with Crippen molar-refractivity contribution in [1.29, 1.82) is 0 Å². The van der Waals surface area contributed by atoms with E-state index in [-0.39, 0.29) is 0 Å². The normalized spacial score (nSPS) is 14.4. The molecule has 0 saturated heterocycles. The topological polar surface area (TPSA) is 121 Å². The van der Waals surface area contributed by atoms with E-state index < -0.39 is 39.9 Å². The zero-order valence-corrected chi connectivity index (χ0v) is 8.17. The van der Waals surface area contributed by atoms with E-state index in [0.717, 1.165) is 4.72 Å². The molecule has 0 aromatic heterocycles. The number of carbonyl (C=O) groups is 2. The van der Waals surface area contributed by atoms with Crippen LogP contribution in [0, 0.1) is 0 Å². The Morgan fingerprint density at radius 2 is 1.69 bits per heavy atom. The third-order valence-electron chi connectivity index (χ3n) is 1.28. The van der Waals surface area contributed by atoms with Gasteiger partial charge in [0.25, 0.3) is 0 Å². The molecule has 0 fully saturated rings. The number of hydrogen-bond donors (Lipinski definition) is 3. The first-order valence-corrected chi connectivity index (χ1v) is 4.99. The summed E-state index contributed by atoms with van der Waals surface area (Å²) in [6.45, 7) is 0. The molecule has 0 aromatic carbocycles. The fourth-order valence-corrected chi connectivity index (χ4v) is 1.30. The Hall–Kier alpha value is -1.36. The summed E-state index contributed by atoms with van der Waals surface area (Å²) in [5, 5.41) is 16.4. The molecule has 1 atom stereocenters. The predicted octanol–water partition coefficient (Wildman–Crippen LogP) is -0.646. The third kappa shape index (κ3) is 4.02. The molecule has 0 aliphatic heterocycles. The quantitative estimate of drug-likeness (QED) is 0.607. The molecule has 0 spiro atoms. The monoisotopic (exact) mass is 265 g/mol. The van der Waals surface area contributed by atoms with E-state index in [2.05, 4.69) is 0 Å². The average Bonchev–Trinajstić information content (AvgIpc) is 1.98. The van der Waals surface area contributed by atoms with Gasteiger partial charge in [-0.1, -0.05) is 0 Å². The maximum Gasteiger partial charge on any atom is 0.511 e. The van der Waals surface area contributed by atoms with Gasteiger partial charge in [0.05, 0.1) is 6.42 Å². The number of carboxylic acids is 2. The van der Waals surface area contributed by atoms with Crippen LogP contribution >= 0.6 is 0 Å². The van der Waals surface area contributed by atoms with Gasteiger partial charge in [-0.3, -0.25) is 9.59 Å². The fourth-order valence-electron chi connectivity index (χ4n) is 0.608. The highest BCUT2D eigenvalue weighted by Gasteiger charge is 2.48. The van der Waals surface area contributed by atoms with Gasteiger partial charge in [0.15, 0.2) is 0 Å². The Kier molecular flexibility index (Phi) is 4.26. The number of sulfonamides is 1. The summed E-state index contributed by atoms with van der Waals surface area (Å²) in [4.78, 5) is 20.4. The third-order valence-corrected chi connectivity index (χ3v) is 2.48. The van der Waals surface area contributed by atoms with Crippen molar-refractivity contribution in [3.05, 3.63) is 0 Å². The molecule has 0 aliphatic rings. The number of nitrogens with one attached hydrogen (secondary N) is 1. The lowest BCUT2D eigenvalue weighted by molar-refractivity contribution is -0.145. The van der Waals surface area contributed by atoms with Crippen molar-refractivity contribution in [2.24, 2.45) is 0 Å². The summed E-state index contributed by atoms with van der Waals surface area (Å²) in [5.41, 5.74) is -5.70. The van der Waals surface area contributed by atoms with Crippen molar-refractivity contribution >= 4 is 22.0 Å². The molecule has 0 heterocycles. The Morgan fingerprint density at radius 3 is 1.94 bits per heavy atom. The fraction of sp³-hybridized carbons (Fsp3) is 0.600. The zero-order chi connectivity index (χ0) is 13.1. The van der Waals surface area contributed by atoms with Crippen LogP contribution in [-0.4, -0.2) is 42.1 Å². The number of hydrogen-bond acceptors (Lipinski definition) is 4. The molecule has 0 aromatic rings. The lowest BCUT2D eigenvalue weighted by Crippen LogP contribution is -2.47. The van der Waals surface area contributed by atoms with Crippen LogP contribution < -0.4 is 4.72 Å². The van der Waals surface area contributed by atoms with Gasteiger partial charge in [0.2, 0.25) is 0 Å². The first-order valence-electron chi connectivity index (χ1n) is 3.50.